The lowest BCUT2D eigenvalue weighted by molar-refractivity contribution is -0.127. The van der Waals surface area contributed by atoms with E-state index in [-0.39, 0.29) is 36.2 Å². The molecule has 1 aliphatic carbocycles. The van der Waals surface area contributed by atoms with Gasteiger partial charge in [-0.05, 0) is 48.8 Å². The van der Waals surface area contributed by atoms with Crippen molar-refractivity contribution < 1.29 is 14.6 Å². The van der Waals surface area contributed by atoms with E-state index in [1.165, 1.54) is 32.1 Å². The van der Waals surface area contributed by atoms with Gasteiger partial charge in [-0.15, -0.1) is 12.4 Å². The van der Waals surface area contributed by atoms with Crippen LogP contribution in [0.25, 0.3) is 0 Å². The number of methoxy groups -OCH3 is 1. The van der Waals surface area contributed by atoms with Crippen LogP contribution in [-0.4, -0.2) is 36.8 Å². The maximum Gasteiger partial charge on any atom is 0.223 e. The van der Waals surface area contributed by atoms with Crippen LogP contribution in [0, 0.1) is 17.8 Å². The van der Waals surface area contributed by atoms with Crippen molar-refractivity contribution in [3.05, 3.63) is 29.8 Å². The quantitative estimate of drug-likeness (QED) is 0.307. The van der Waals surface area contributed by atoms with Crippen LogP contribution in [0.3, 0.4) is 0 Å². The fourth-order valence-corrected chi connectivity index (χ4v) is 4.82. The van der Waals surface area contributed by atoms with E-state index in [2.05, 4.69) is 37.5 Å². The molecular formula is C27H47ClN2O3. The van der Waals surface area contributed by atoms with Crippen molar-refractivity contribution in [2.24, 2.45) is 17.8 Å². The van der Waals surface area contributed by atoms with Gasteiger partial charge >= 0.3 is 0 Å². The zero-order valence-corrected chi connectivity index (χ0v) is 22.0. The van der Waals surface area contributed by atoms with Crippen molar-refractivity contribution in [1.82, 2.24) is 10.6 Å². The zero-order valence-electron chi connectivity index (χ0n) is 21.1. The van der Waals surface area contributed by atoms with Gasteiger partial charge < -0.3 is 20.5 Å². The molecule has 0 saturated heterocycles. The minimum atomic E-state index is -0.549. The molecule has 2 rings (SSSR count). The average molecular weight is 483 g/mol. The molecule has 3 unspecified atom stereocenters. The van der Waals surface area contributed by atoms with Crippen molar-refractivity contribution >= 4 is 18.3 Å². The zero-order chi connectivity index (χ0) is 23.3. The van der Waals surface area contributed by atoms with Gasteiger partial charge in [0.15, 0.2) is 0 Å². The lowest BCUT2D eigenvalue weighted by atomic mass is 9.81. The van der Waals surface area contributed by atoms with E-state index in [0.717, 1.165) is 30.6 Å². The molecular weight excluding hydrogens is 436 g/mol. The number of hydrogen-bond donors (Lipinski definition) is 3. The summed E-state index contributed by atoms with van der Waals surface area (Å²) in [5.41, 5.74) is 1.14. The molecule has 33 heavy (non-hydrogen) atoms. The van der Waals surface area contributed by atoms with Gasteiger partial charge in [-0.1, -0.05) is 71.4 Å². The molecule has 1 aliphatic rings. The molecule has 5 nitrogen and oxygen atoms in total. The first-order chi connectivity index (χ1) is 15.4. The Morgan fingerprint density at radius 1 is 1.21 bits per heavy atom. The Labute approximate surface area is 207 Å². The summed E-state index contributed by atoms with van der Waals surface area (Å²) in [5.74, 6) is 1.60. The summed E-state index contributed by atoms with van der Waals surface area (Å²) in [6, 6.07) is 8.04. The third-order valence-corrected chi connectivity index (χ3v) is 6.95. The summed E-state index contributed by atoms with van der Waals surface area (Å²) < 4.78 is 5.35. The Balaban J connectivity index is 0.00000544. The Hall–Kier alpha value is -1.30. The molecule has 0 radical (unpaired) electrons. The van der Waals surface area contributed by atoms with E-state index >= 15 is 0 Å². The van der Waals surface area contributed by atoms with E-state index in [4.69, 9.17) is 4.74 Å². The number of ether oxygens (including phenoxy) is 1. The summed E-state index contributed by atoms with van der Waals surface area (Å²) in [4.78, 5) is 12.8. The molecule has 1 saturated carbocycles. The lowest BCUT2D eigenvalue weighted by Crippen LogP contribution is -2.45. The molecule has 0 heterocycles. The second kappa shape index (κ2) is 16.3. The Bertz CT molecular complexity index is 665. The topological polar surface area (TPSA) is 70.6 Å². The highest BCUT2D eigenvalue weighted by atomic mass is 35.5. The number of aliphatic hydroxyl groups is 1. The van der Waals surface area contributed by atoms with Gasteiger partial charge in [-0.2, -0.15) is 0 Å². The standard InChI is InChI=1S/C27H46N2O3.ClH/c1-5-6-15-28-27(31)24(20(2)3)18-26(30)25(17-21-11-8-7-9-12-21)29-19-22-13-10-14-23(16-22)32-4;/h10,13-14,16,20-21,24-26,29-30H,5-9,11-12,15,17-19H2,1-4H3,(H,28,31);1H. The van der Waals surface area contributed by atoms with Crippen LogP contribution in [0.1, 0.15) is 84.1 Å². The smallest absolute Gasteiger partial charge is 0.223 e. The summed E-state index contributed by atoms with van der Waals surface area (Å²) in [6.45, 7) is 7.68. The fourth-order valence-electron chi connectivity index (χ4n) is 4.82. The third-order valence-electron chi connectivity index (χ3n) is 6.95. The van der Waals surface area contributed by atoms with E-state index in [9.17, 15) is 9.90 Å². The van der Waals surface area contributed by atoms with E-state index < -0.39 is 6.10 Å². The predicted octanol–water partition coefficient (Wildman–Crippen LogP) is 5.49. The second-order valence-corrected chi connectivity index (χ2v) is 9.88. The van der Waals surface area contributed by atoms with Crippen molar-refractivity contribution in [3.63, 3.8) is 0 Å². The molecule has 6 heteroatoms. The van der Waals surface area contributed by atoms with Gasteiger partial charge in [0.1, 0.15) is 5.75 Å². The van der Waals surface area contributed by atoms with Crippen LogP contribution >= 0.6 is 12.4 Å². The van der Waals surface area contributed by atoms with Crippen LogP contribution in [-0.2, 0) is 11.3 Å². The van der Waals surface area contributed by atoms with Gasteiger partial charge in [0.2, 0.25) is 5.91 Å². The Morgan fingerprint density at radius 3 is 2.58 bits per heavy atom. The van der Waals surface area contributed by atoms with Crippen molar-refractivity contribution in [1.29, 1.82) is 0 Å². The van der Waals surface area contributed by atoms with Crippen LogP contribution in [0.4, 0.5) is 0 Å². The van der Waals surface area contributed by atoms with Gasteiger partial charge in [-0.3, -0.25) is 4.79 Å². The lowest BCUT2D eigenvalue weighted by Gasteiger charge is -2.32. The highest BCUT2D eigenvalue weighted by Gasteiger charge is 2.30. The predicted molar refractivity (Wildman–Crippen MR) is 139 cm³/mol. The van der Waals surface area contributed by atoms with Crippen molar-refractivity contribution in [3.8, 4) is 5.75 Å². The van der Waals surface area contributed by atoms with Gasteiger partial charge in [-0.25, -0.2) is 0 Å². The van der Waals surface area contributed by atoms with Gasteiger partial charge in [0.25, 0.3) is 0 Å². The fraction of sp³-hybridized carbons (Fsp3) is 0.741. The minimum absolute atomic E-state index is 0. The number of benzene rings is 1. The SMILES string of the molecule is CCCCNC(=O)C(CC(O)C(CC1CCCCC1)NCc1cccc(OC)c1)C(C)C.Cl. The first kappa shape index (κ1) is 29.7. The molecule has 1 amide bonds. The van der Waals surface area contributed by atoms with Crippen molar-refractivity contribution in [2.45, 2.75) is 97.2 Å². The summed E-state index contributed by atoms with van der Waals surface area (Å²) >= 11 is 0. The number of carbonyl (C=O) groups is 1. The molecule has 3 atom stereocenters. The molecule has 1 aromatic carbocycles. The second-order valence-electron chi connectivity index (χ2n) is 9.88. The number of nitrogens with one attached hydrogen (secondary N) is 2. The molecule has 1 aromatic rings. The minimum Gasteiger partial charge on any atom is -0.497 e. The van der Waals surface area contributed by atoms with Gasteiger partial charge in [0.05, 0.1) is 13.2 Å². The summed E-state index contributed by atoms with van der Waals surface area (Å²) in [5, 5.41) is 18.0. The number of amides is 1. The van der Waals surface area contributed by atoms with Crippen LogP contribution < -0.4 is 15.4 Å². The molecule has 0 aliphatic heterocycles. The van der Waals surface area contributed by atoms with Crippen LogP contribution in [0.5, 0.6) is 5.75 Å². The molecule has 0 spiro atoms. The monoisotopic (exact) mass is 482 g/mol. The first-order valence-corrected chi connectivity index (χ1v) is 12.8. The first-order valence-electron chi connectivity index (χ1n) is 12.8. The number of halogens is 1. The van der Waals surface area contributed by atoms with E-state index in [0.29, 0.717) is 25.4 Å². The van der Waals surface area contributed by atoms with E-state index in [1.54, 1.807) is 7.11 Å². The highest BCUT2D eigenvalue weighted by Crippen LogP contribution is 2.30. The number of rotatable bonds is 14. The maximum atomic E-state index is 12.8. The normalized spacial score (nSPS) is 17.2. The largest absolute Gasteiger partial charge is 0.497 e. The third kappa shape index (κ3) is 10.7. The van der Waals surface area contributed by atoms with Gasteiger partial charge in [0, 0.05) is 25.0 Å². The summed E-state index contributed by atoms with van der Waals surface area (Å²) in [7, 11) is 1.68. The molecule has 0 aromatic heterocycles. The summed E-state index contributed by atoms with van der Waals surface area (Å²) in [6.07, 6.45) is 9.37. The Kier molecular flexibility index (Phi) is 14.7. The van der Waals surface area contributed by atoms with Crippen molar-refractivity contribution in [2.75, 3.05) is 13.7 Å². The highest BCUT2D eigenvalue weighted by molar-refractivity contribution is 5.85. The van der Waals surface area contributed by atoms with Crippen LogP contribution in [0.2, 0.25) is 0 Å². The number of aliphatic hydroxyl groups excluding tert-OH is 1. The number of carbonyl (C=O) groups excluding carboxylic acids is 1. The van der Waals surface area contributed by atoms with E-state index in [1.807, 2.05) is 18.2 Å². The molecule has 0 bridgehead atoms. The molecule has 1 fully saturated rings. The molecule has 3 N–H and O–H groups in total. The number of unbranched alkanes of at least 4 members (excludes halogenated alkanes) is 1. The molecule has 190 valence electrons. The maximum absolute atomic E-state index is 12.8. The number of hydrogen-bond acceptors (Lipinski definition) is 4. The Morgan fingerprint density at radius 2 is 1.94 bits per heavy atom. The van der Waals surface area contributed by atoms with Crippen LogP contribution in [0.15, 0.2) is 24.3 Å². The average Bonchev–Trinajstić information content (AvgIpc) is 2.80.